The van der Waals surface area contributed by atoms with Gasteiger partial charge in [-0.1, -0.05) is 13.0 Å². The van der Waals surface area contributed by atoms with Gasteiger partial charge in [-0.3, -0.25) is 4.55 Å². The molecule has 0 amide bonds. The number of rotatable bonds is 2. The lowest BCUT2D eigenvalue weighted by molar-refractivity contribution is 0.477. The summed E-state index contributed by atoms with van der Waals surface area (Å²) in [4.78, 5) is 0.0906. The van der Waals surface area contributed by atoms with E-state index in [2.05, 4.69) is 6.92 Å². The molecule has 0 fully saturated rings. The van der Waals surface area contributed by atoms with Crippen LogP contribution >= 0.6 is 0 Å². The number of hydrogen-bond acceptors (Lipinski definition) is 2. The highest BCUT2D eigenvalue weighted by atomic mass is 32.2. The Balaban J connectivity index is 2.61. The predicted octanol–water partition coefficient (Wildman–Crippen LogP) is 2.29. The molecule has 2 rings (SSSR count). The quantitative estimate of drug-likeness (QED) is 0.787. The Kier molecular flexibility index (Phi) is 2.35. The van der Waals surface area contributed by atoms with Crippen LogP contribution in [0.3, 0.4) is 0 Å². The maximum atomic E-state index is 11.1. The molecule has 1 aliphatic carbocycles. The molecule has 4 heteroatoms. The van der Waals surface area contributed by atoms with Crippen LogP contribution in [-0.4, -0.2) is 13.0 Å². The van der Waals surface area contributed by atoms with Gasteiger partial charge in [0.2, 0.25) is 0 Å². The number of fused-ring (bicyclic) bond motifs is 1. The number of hydrogen-bond donors (Lipinski definition) is 1. The van der Waals surface area contributed by atoms with Gasteiger partial charge in [-0.05, 0) is 48.4 Å². The van der Waals surface area contributed by atoms with Crippen molar-refractivity contribution in [3.8, 4) is 0 Å². The molecule has 15 heavy (non-hydrogen) atoms. The summed E-state index contributed by atoms with van der Waals surface area (Å²) in [5.41, 5.74) is 3.05. The fourth-order valence-electron chi connectivity index (χ4n) is 2.35. The SMILES string of the molecule is CCC1Cc2c(S(=O)(=O)O)ccc(C)c21. The fraction of sp³-hybridized carbons (Fsp3) is 0.455. The summed E-state index contributed by atoms with van der Waals surface area (Å²) in [6.07, 6.45) is 1.78. The van der Waals surface area contributed by atoms with Crippen molar-refractivity contribution >= 4 is 10.1 Å². The standard InChI is InChI=1S/C11H14O3S/c1-3-8-6-9-10(15(12,13)14)5-4-7(2)11(8)9/h4-5,8H,3,6H2,1-2H3,(H,12,13,14). The molecule has 3 nitrogen and oxygen atoms in total. The molecule has 0 radical (unpaired) electrons. The molecule has 0 aliphatic heterocycles. The Morgan fingerprint density at radius 2 is 2.13 bits per heavy atom. The highest BCUT2D eigenvalue weighted by Gasteiger charge is 2.32. The average molecular weight is 226 g/mol. The van der Waals surface area contributed by atoms with Crippen molar-refractivity contribution in [2.75, 3.05) is 0 Å². The van der Waals surface area contributed by atoms with Crippen molar-refractivity contribution in [1.82, 2.24) is 0 Å². The maximum Gasteiger partial charge on any atom is 0.294 e. The van der Waals surface area contributed by atoms with Crippen molar-refractivity contribution in [2.45, 2.75) is 37.5 Å². The second kappa shape index (κ2) is 3.32. The van der Waals surface area contributed by atoms with Crippen LogP contribution in [0.4, 0.5) is 0 Å². The van der Waals surface area contributed by atoms with Crippen molar-refractivity contribution in [2.24, 2.45) is 0 Å². The second-order valence-corrected chi connectivity index (χ2v) is 5.45. The second-order valence-electron chi connectivity index (χ2n) is 4.06. The van der Waals surface area contributed by atoms with Crippen molar-refractivity contribution in [3.63, 3.8) is 0 Å². The van der Waals surface area contributed by atoms with E-state index in [1.54, 1.807) is 6.07 Å². The van der Waals surface area contributed by atoms with E-state index in [0.717, 1.165) is 29.5 Å². The zero-order chi connectivity index (χ0) is 11.2. The summed E-state index contributed by atoms with van der Waals surface area (Å²) in [7, 11) is -4.05. The van der Waals surface area contributed by atoms with Gasteiger partial charge in [0.15, 0.2) is 0 Å². The molecule has 0 saturated heterocycles. The zero-order valence-corrected chi connectivity index (χ0v) is 9.63. The van der Waals surface area contributed by atoms with Crippen molar-refractivity contribution in [1.29, 1.82) is 0 Å². The van der Waals surface area contributed by atoms with Crippen LogP contribution in [0.2, 0.25) is 0 Å². The first-order valence-corrected chi connectivity index (χ1v) is 6.49. The minimum Gasteiger partial charge on any atom is -0.282 e. The third-order valence-corrected chi connectivity index (χ3v) is 4.10. The van der Waals surface area contributed by atoms with E-state index in [4.69, 9.17) is 4.55 Å². The molecule has 1 aromatic rings. The minimum atomic E-state index is -4.05. The molecular formula is C11H14O3S. The molecule has 82 valence electrons. The Morgan fingerprint density at radius 1 is 1.47 bits per heavy atom. The van der Waals surface area contributed by atoms with Crippen LogP contribution in [0, 0.1) is 6.92 Å². The molecule has 0 heterocycles. The number of benzene rings is 1. The van der Waals surface area contributed by atoms with Crippen LogP contribution in [0.1, 0.15) is 36.0 Å². The predicted molar refractivity (Wildman–Crippen MR) is 57.7 cm³/mol. The van der Waals surface area contributed by atoms with Gasteiger partial charge in [-0.25, -0.2) is 0 Å². The van der Waals surface area contributed by atoms with Gasteiger partial charge >= 0.3 is 0 Å². The van der Waals surface area contributed by atoms with Crippen LogP contribution < -0.4 is 0 Å². The molecule has 0 bridgehead atoms. The van der Waals surface area contributed by atoms with E-state index in [9.17, 15) is 8.42 Å². The van der Waals surface area contributed by atoms with E-state index < -0.39 is 10.1 Å². The Bertz CT molecular complexity index is 503. The van der Waals surface area contributed by atoms with Crippen molar-refractivity contribution in [3.05, 3.63) is 28.8 Å². The molecule has 1 aromatic carbocycles. The van der Waals surface area contributed by atoms with Crippen LogP contribution in [0.15, 0.2) is 17.0 Å². The lowest BCUT2D eigenvalue weighted by Gasteiger charge is -2.32. The largest absolute Gasteiger partial charge is 0.294 e. The van der Waals surface area contributed by atoms with Crippen LogP contribution in [0.5, 0.6) is 0 Å². The first kappa shape index (κ1) is 10.6. The fourth-order valence-corrected chi connectivity index (χ4v) is 3.09. The molecular weight excluding hydrogens is 212 g/mol. The summed E-state index contributed by atoms with van der Waals surface area (Å²) in [6.45, 7) is 4.07. The van der Waals surface area contributed by atoms with Crippen molar-refractivity contribution < 1.29 is 13.0 Å². The highest BCUT2D eigenvalue weighted by molar-refractivity contribution is 7.85. The third kappa shape index (κ3) is 1.58. The maximum absolute atomic E-state index is 11.1. The van der Waals surface area contributed by atoms with E-state index in [0.29, 0.717) is 5.92 Å². The van der Waals surface area contributed by atoms with E-state index in [1.165, 1.54) is 6.07 Å². The topological polar surface area (TPSA) is 54.4 Å². The summed E-state index contributed by atoms with van der Waals surface area (Å²) in [5.74, 6) is 0.460. The Labute approximate surface area is 89.9 Å². The highest BCUT2D eigenvalue weighted by Crippen LogP contribution is 2.42. The summed E-state index contributed by atoms with van der Waals surface area (Å²) < 4.78 is 31.3. The van der Waals surface area contributed by atoms with E-state index in [1.807, 2.05) is 6.92 Å². The molecule has 1 aliphatic rings. The Morgan fingerprint density at radius 3 is 2.67 bits per heavy atom. The normalized spacial score (nSPS) is 19.5. The van der Waals surface area contributed by atoms with Gasteiger partial charge in [0.1, 0.15) is 0 Å². The smallest absolute Gasteiger partial charge is 0.282 e. The first-order chi connectivity index (χ1) is 6.95. The average Bonchev–Trinajstić information content (AvgIpc) is 2.05. The van der Waals surface area contributed by atoms with Gasteiger partial charge in [0.25, 0.3) is 10.1 Å². The van der Waals surface area contributed by atoms with Gasteiger partial charge in [-0.2, -0.15) is 8.42 Å². The molecule has 1 unspecified atom stereocenters. The summed E-state index contributed by atoms with van der Waals surface area (Å²) in [6, 6.07) is 3.26. The molecule has 0 spiro atoms. The summed E-state index contributed by atoms with van der Waals surface area (Å²) in [5, 5.41) is 0. The van der Waals surface area contributed by atoms with Gasteiger partial charge in [-0.15, -0.1) is 0 Å². The number of aryl methyl sites for hydroxylation is 1. The van der Waals surface area contributed by atoms with Crippen LogP contribution in [0.25, 0.3) is 0 Å². The molecule has 1 atom stereocenters. The molecule has 0 aromatic heterocycles. The molecule has 1 N–H and O–H groups in total. The van der Waals surface area contributed by atoms with E-state index >= 15 is 0 Å². The lowest BCUT2D eigenvalue weighted by atomic mass is 9.74. The van der Waals surface area contributed by atoms with E-state index in [-0.39, 0.29) is 4.90 Å². The monoisotopic (exact) mass is 226 g/mol. The third-order valence-electron chi connectivity index (χ3n) is 3.16. The van der Waals surface area contributed by atoms with Crippen LogP contribution in [-0.2, 0) is 16.5 Å². The Hall–Kier alpha value is -0.870. The van der Waals surface area contributed by atoms with Gasteiger partial charge < -0.3 is 0 Å². The van der Waals surface area contributed by atoms with Gasteiger partial charge in [0, 0.05) is 0 Å². The summed E-state index contributed by atoms with van der Waals surface area (Å²) >= 11 is 0. The zero-order valence-electron chi connectivity index (χ0n) is 8.82. The molecule has 0 saturated carbocycles. The minimum absolute atomic E-state index is 0.0906. The first-order valence-electron chi connectivity index (χ1n) is 5.05. The van der Waals surface area contributed by atoms with Gasteiger partial charge in [0.05, 0.1) is 4.90 Å². The lowest BCUT2D eigenvalue weighted by Crippen LogP contribution is -2.22.